The van der Waals surface area contributed by atoms with Gasteiger partial charge in [0.2, 0.25) is 0 Å². The van der Waals surface area contributed by atoms with Crippen LogP contribution in [-0.2, 0) is 0 Å². The van der Waals surface area contributed by atoms with E-state index in [2.05, 4.69) is 28.5 Å². The summed E-state index contributed by atoms with van der Waals surface area (Å²) in [4.78, 5) is 2.48. The van der Waals surface area contributed by atoms with Gasteiger partial charge in [-0.25, -0.2) is 0 Å². The summed E-state index contributed by atoms with van der Waals surface area (Å²) in [6.07, 6.45) is 3.38. The van der Waals surface area contributed by atoms with Crippen molar-refractivity contribution in [1.29, 1.82) is 0 Å². The van der Waals surface area contributed by atoms with Crippen molar-refractivity contribution < 1.29 is 0 Å². The predicted molar refractivity (Wildman–Crippen MR) is 56.7 cm³/mol. The van der Waals surface area contributed by atoms with Crippen LogP contribution in [0.25, 0.3) is 0 Å². The lowest BCUT2D eigenvalue weighted by atomic mass is 10.2. The van der Waals surface area contributed by atoms with Gasteiger partial charge < -0.3 is 15.5 Å². The molecule has 3 nitrogen and oxygen atoms in total. The summed E-state index contributed by atoms with van der Waals surface area (Å²) in [5.41, 5.74) is 1.48. The third kappa shape index (κ3) is 3.36. The zero-order chi connectivity index (χ0) is 9.52. The molecule has 76 valence electrons. The van der Waals surface area contributed by atoms with Crippen LogP contribution < -0.4 is 10.6 Å². The van der Waals surface area contributed by atoms with Crippen LogP contribution in [0.1, 0.15) is 13.3 Å². The van der Waals surface area contributed by atoms with Crippen LogP contribution in [0.4, 0.5) is 0 Å². The summed E-state index contributed by atoms with van der Waals surface area (Å²) < 4.78 is 0. The van der Waals surface area contributed by atoms with Crippen LogP contribution in [0, 0.1) is 0 Å². The average molecular weight is 183 g/mol. The van der Waals surface area contributed by atoms with E-state index in [0.717, 1.165) is 39.1 Å². The van der Waals surface area contributed by atoms with Crippen molar-refractivity contribution in [3.8, 4) is 0 Å². The Bertz CT molecular complexity index is 160. The highest BCUT2D eigenvalue weighted by atomic mass is 15.2. The first-order chi connectivity index (χ1) is 6.38. The van der Waals surface area contributed by atoms with Crippen LogP contribution >= 0.6 is 0 Å². The first kappa shape index (κ1) is 10.5. The normalized spacial score (nSPS) is 19.2. The van der Waals surface area contributed by atoms with Gasteiger partial charge in [0.05, 0.1) is 0 Å². The monoisotopic (exact) mass is 183 g/mol. The van der Waals surface area contributed by atoms with Crippen LogP contribution in [0.15, 0.2) is 11.8 Å². The molecule has 1 saturated heterocycles. The molecule has 1 heterocycles. The lowest BCUT2D eigenvalue weighted by Crippen LogP contribution is -2.43. The Balaban J connectivity index is 2.36. The Morgan fingerprint density at radius 2 is 2.15 bits per heavy atom. The van der Waals surface area contributed by atoms with Crippen LogP contribution in [0.5, 0.6) is 0 Å². The van der Waals surface area contributed by atoms with Crippen molar-refractivity contribution in [1.82, 2.24) is 15.5 Å². The molecule has 0 radical (unpaired) electrons. The van der Waals surface area contributed by atoms with Gasteiger partial charge in [0.25, 0.3) is 0 Å². The summed E-state index contributed by atoms with van der Waals surface area (Å²) in [6.45, 7) is 7.76. The number of allylic oxidation sites excluding steroid dienone is 1. The molecule has 0 aromatic heterocycles. The molecule has 1 aliphatic heterocycles. The van der Waals surface area contributed by atoms with Crippen LogP contribution in [-0.4, -0.2) is 44.7 Å². The van der Waals surface area contributed by atoms with E-state index in [1.54, 1.807) is 0 Å². The summed E-state index contributed by atoms with van der Waals surface area (Å²) in [5.74, 6) is 0. The third-order valence-corrected chi connectivity index (χ3v) is 2.49. The Hall–Kier alpha value is -0.540. The van der Waals surface area contributed by atoms with Gasteiger partial charge in [-0.3, -0.25) is 0 Å². The standard InChI is InChI=1S/C10H21N3/c1-3-10(4-5-11-2)13-8-6-12-7-9-13/h3,11-12H,4-9H2,1-2H3/b10-3+. The third-order valence-electron chi connectivity index (χ3n) is 2.49. The number of hydrogen-bond acceptors (Lipinski definition) is 3. The van der Waals surface area contributed by atoms with Gasteiger partial charge in [-0.05, 0) is 20.4 Å². The van der Waals surface area contributed by atoms with Gasteiger partial charge in [-0.15, -0.1) is 0 Å². The molecular weight excluding hydrogens is 162 g/mol. The maximum Gasteiger partial charge on any atom is 0.0300 e. The second-order valence-corrected chi connectivity index (χ2v) is 3.37. The van der Waals surface area contributed by atoms with Crippen molar-refractivity contribution in [2.45, 2.75) is 13.3 Å². The zero-order valence-electron chi connectivity index (χ0n) is 8.77. The van der Waals surface area contributed by atoms with Crippen molar-refractivity contribution >= 4 is 0 Å². The molecule has 3 heteroatoms. The van der Waals surface area contributed by atoms with E-state index in [9.17, 15) is 0 Å². The smallest absolute Gasteiger partial charge is 0.0300 e. The van der Waals surface area contributed by atoms with Crippen LogP contribution in [0.2, 0.25) is 0 Å². The summed E-state index contributed by atoms with van der Waals surface area (Å²) in [6, 6.07) is 0. The van der Waals surface area contributed by atoms with E-state index in [1.165, 1.54) is 5.70 Å². The maximum atomic E-state index is 3.37. The van der Waals surface area contributed by atoms with Gasteiger partial charge in [0.1, 0.15) is 0 Å². The molecule has 0 aromatic carbocycles. The lowest BCUT2D eigenvalue weighted by molar-refractivity contribution is 0.289. The molecular formula is C10H21N3. The number of nitrogens with one attached hydrogen (secondary N) is 2. The number of hydrogen-bond donors (Lipinski definition) is 2. The van der Waals surface area contributed by atoms with Gasteiger partial charge in [0, 0.05) is 38.4 Å². The highest BCUT2D eigenvalue weighted by molar-refractivity contribution is 5.01. The van der Waals surface area contributed by atoms with Crippen LogP contribution in [0.3, 0.4) is 0 Å². The maximum absolute atomic E-state index is 3.37. The van der Waals surface area contributed by atoms with Crippen molar-refractivity contribution in [3.63, 3.8) is 0 Å². The molecule has 0 spiro atoms. The molecule has 2 N–H and O–H groups in total. The molecule has 1 aliphatic rings. The molecule has 1 rings (SSSR count). The van der Waals surface area contributed by atoms with E-state index in [0.29, 0.717) is 0 Å². The fraction of sp³-hybridized carbons (Fsp3) is 0.800. The summed E-state index contributed by atoms with van der Waals surface area (Å²) >= 11 is 0. The molecule has 0 saturated carbocycles. The van der Waals surface area contributed by atoms with Gasteiger partial charge in [0.15, 0.2) is 0 Å². The second-order valence-electron chi connectivity index (χ2n) is 3.37. The molecule has 0 aromatic rings. The number of rotatable bonds is 4. The van der Waals surface area contributed by atoms with Crippen molar-refractivity contribution in [2.24, 2.45) is 0 Å². The zero-order valence-corrected chi connectivity index (χ0v) is 8.77. The van der Waals surface area contributed by atoms with Crippen molar-refractivity contribution in [2.75, 3.05) is 39.8 Å². The Morgan fingerprint density at radius 3 is 2.69 bits per heavy atom. The molecule has 13 heavy (non-hydrogen) atoms. The minimum Gasteiger partial charge on any atom is -0.372 e. The van der Waals surface area contributed by atoms with Crippen molar-refractivity contribution in [3.05, 3.63) is 11.8 Å². The summed E-state index contributed by atoms with van der Waals surface area (Å²) in [5, 5.41) is 6.55. The van der Waals surface area contributed by atoms with Gasteiger partial charge >= 0.3 is 0 Å². The highest BCUT2D eigenvalue weighted by Crippen LogP contribution is 2.08. The molecule has 1 fully saturated rings. The molecule has 0 amide bonds. The first-order valence-electron chi connectivity index (χ1n) is 5.14. The second kappa shape index (κ2) is 6.00. The van der Waals surface area contributed by atoms with Gasteiger partial charge in [-0.1, -0.05) is 6.08 Å². The molecule has 0 bridgehead atoms. The molecule has 0 atom stereocenters. The SMILES string of the molecule is C/C=C(\CCNC)N1CCNCC1. The lowest BCUT2D eigenvalue weighted by Gasteiger charge is -2.31. The summed E-state index contributed by atoms with van der Waals surface area (Å²) in [7, 11) is 2.00. The minimum absolute atomic E-state index is 1.07. The Kier molecular flexibility index (Phi) is 4.86. The number of piperazine rings is 1. The first-order valence-corrected chi connectivity index (χ1v) is 5.14. The van der Waals surface area contributed by atoms with E-state index in [1.807, 2.05) is 7.05 Å². The minimum atomic E-state index is 1.07. The molecule has 0 aliphatic carbocycles. The topological polar surface area (TPSA) is 27.3 Å². The Morgan fingerprint density at radius 1 is 1.46 bits per heavy atom. The average Bonchev–Trinajstić information content (AvgIpc) is 2.21. The fourth-order valence-corrected chi connectivity index (χ4v) is 1.69. The van der Waals surface area contributed by atoms with E-state index < -0.39 is 0 Å². The fourth-order valence-electron chi connectivity index (χ4n) is 1.69. The van der Waals surface area contributed by atoms with E-state index in [-0.39, 0.29) is 0 Å². The van der Waals surface area contributed by atoms with E-state index >= 15 is 0 Å². The number of nitrogens with zero attached hydrogens (tertiary/aromatic N) is 1. The predicted octanol–water partition coefficient (Wildman–Crippen LogP) is 0.405. The highest BCUT2D eigenvalue weighted by Gasteiger charge is 2.11. The van der Waals surface area contributed by atoms with Gasteiger partial charge in [-0.2, -0.15) is 0 Å². The largest absolute Gasteiger partial charge is 0.372 e. The Labute approximate surface area is 81.2 Å². The quantitative estimate of drug-likeness (QED) is 0.661. The van der Waals surface area contributed by atoms with E-state index in [4.69, 9.17) is 0 Å². The molecule has 0 unspecified atom stereocenters.